The van der Waals surface area contributed by atoms with Crippen LogP contribution in [-0.4, -0.2) is 25.1 Å². The minimum atomic E-state index is -0.505. The summed E-state index contributed by atoms with van der Waals surface area (Å²) in [6, 6.07) is 6.60. The van der Waals surface area contributed by atoms with Crippen LogP contribution in [0.25, 0.3) is 0 Å². The van der Waals surface area contributed by atoms with E-state index in [0.717, 1.165) is 0 Å². The number of benzene rings is 1. The molecule has 0 amide bonds. The topological polar surface area (TPSA) is 27.7 Å². The second-order valence-corrected chi connectivity index (χ2v) is 4.52. The van der Waals surface area contributed by atoms with E-state index in [2.05, 4.69) is 0 Å². The average molecular weight is 240 g/mol. The molecule has 1 heterocycles. The SMILES string of the molecule is CC1OCC(C)(OCc2ccccc2F)CO1. The van der Waals surface area contributed by atoms with Crippen molar-refractivity contribution in [2.75, 3.05) is 13.2 Å². The van der Waals surface area contributed by atoms with Crippen molar-refractivity contribution in [3.05, 3.63) is 35.6 Å². The lowest BCUT2D eigenvalue weighted by atomic mass is 10.1. The Labute approximate surface area is 100 Å². The summed E-state index contributed by atoms with van der Waals surface area (Å²) >= 11 is 0. The first-order valence-electron chi connectivity index (χ1n) is 5.70. The Hall–Kier alpha value is -0.970. The predicted octanol–water partition coefficient (Wildman–Crippen LogP) is 2.49. The van der Waals surface area contributed by atoms with Crippen LogP contribution in [-0.2, 0) is 20.8 Å². The molecule has 1 aliphatic heterocycles. The minimum Gasteiger partial charge on any atom is -0.366 e. The summed E-state index contributed by atoms with van der Waals surface area (Å²) < 4.78 is 29.8. The molecule has 1 fully saturated rings. The van der Waals surface area contributed by atoms with E-state index in [-0.39, 0.29) is 18.7 Å². The van der Waals surface area contributed by atoms with E-state index < -0.39 is 5.60 Å². The molecule has 1 saturated heterocycles. The van der Waals surface area contributed by atoms with Gasteiger partial charge in [0.2, 0.25) is 0 Å². The van der Waals surface area contributed by atoms with Crippen LogP contribution in [0.4, 0.5) is 4.39 Å². The minimum absolute atomic E-state index is 0.194. The van der Waals surface area contributed by atoms with Crippen LogP contribution in [0.1, 0.15) is 19.4 Å². The molecular weight excluding hydrogens is 223 g/mol. The number of halogens is 1. The van der Waals surface area contributed by atoms with E-state index in [1.807, 2.05) is 13.8 Å². The Kier molecular flexibility index (Phi) is 3.76. The molecule has 0 saturated carbocycles. The molecule has 0 radical (unpaired) electrons. The summed E-state index contributed by atoms with van der Waals surface area (Å²) in [5.41, 5.74) is 0.0433. The molecule has 94 valence electrons. The largest absolute Gasteiger partial charge is 0.366 e. The lowest BCUT2D eigenvalue weighted by Crippen LogP contribution is -2.46. The molecule has 0 unspecified atom stereocenters. The third kappa shape index (κ3) is 3.25. The number of hydrogen-bond donors (Lipinski definition) is 0. The second kappa shape index (κ2) is 5.12. The third-order valence-corrected chi connectivity index (χ3v) is 2.78. The van der Waals surface area contributed by atoms with Gasteiger partial charge in [0.05, 0.1) is 19.8 Å². The zero-order chi connectivity index (χ0) is 12.3. The normalized spacial score (nSPS) is 29.2. The van der Waals surface area contributed by atoms with Gasteiger partial charge in [0.15, 0.2) is 6.29 Å². The van der Waals surface area contributed by atoms with Crippen LogP contribution < -0.4 is 0 Å². The van der Waals surface area contributed by atoms with Crippen molar-refractivity contribution in [1.29, 1.82) is 0 Å². The highest BCUT2D eigenvalue weighted by molar-refractivity contribution is 5.16. The van der Waals surface area contributed by atoms with Crippen LogP contribution in [0, 0.1) is 5.82 Å². The van der Waals surface area contributed by atoms with Crippen LogP contribution in [0.5, 0.6) is 0 Å². The molecule has 3 nitrogen and oxygen atoms in total. The van der Waals surface area contributed by atoms with Gasteiger partial charge in [-0.05, 0) is 19.9 Å². The average Bonchev–Trinajstić information content (AvgIpc) is 2.33. The third-order valence-electron chi connectivity index (χ3n) is 2.78. The first-order valence-corrected chi connectivity index (χ1v) is 5.70. The molecule has 0 N–H and O–H groups in total. The molecule has 0 aromatic heterocycles. The van der Waals surface area contributed by atoms with Gasteiger partial charge in [-0.15, -0.1) is 0 Å². The van der Waals surface area contributed by atoms with E-state index in [4.69, 9.17) is 14.2 Å². The highest BCUT2D eigenvalue weighted by atomic mass is 19.1. The summed E-state index contributed by atoms with van der Waals surface area (Å²) in [5.74, 6) is -0.248. The molecule has 1 aromatic rings. The molecule has 0 bridgehead atoms. The molecule has 1 aromatic carbocycles. The van der Waals surface area contributed by atoms with Gasteiger partial charge in [-0.25, -0.2) is 4.39 Å². The van der Waals surface area contributed by atoms with Gasteiger partial charge < -0.3 is 14.2 Å². The Morgan fingerprint density at radius 3 is 2.65 bits per heavy atom. The van der Waals surface area contributed by atoms with Crippen molar-refractivity contribution in [2.24, 2.45) is 0 Å². The Morgan fingerprint density at radius 1 is 1.35 bits per heavy atom. The van der Waals surface area contributed by atoms with Crippen molar-refractivity contribution in [2.45, 2.75) is 32.3 Å². The molecule has 0 atom stereocenters. The standard InChI is InChI=1S/C13H17FO3/c1-10-15-8-13(2,9-16-10)17-7-11-5-3-4-6-12(11)14/h3-6,10H,7-9H2,1-2H3. The molecular formula is C13H17FO3. The Balaban J connectivity index is 1.92. The monoisotopic (exact) mass is 240 g/mol. The second-order valence-electron chi connectivity index (χ2n) is 4.52. The van der Waals surface area contributed by atoms with Crippen molar-refractivity contribution < 1.29 is 18.6 Å². The number of ether oxygens (including phenoxy) is 3. The summed E-state index contributed by atoms with van der Waals surface area (Å²) in [6.07, 6.45) is -0.194. The van der Waals surface area contributed by atoms with Crippen LogP contribution in [0.3, 0.4) is 0 Å². The summed E-state index contributed by atoms with van der Waals surface area (Å²) in [5, 5.41) is 0. The Bertz CT molecular complexity index is 373. The van der Waals surface area contributed by atoms with Crippen LogP contribution in [0.2, 0.25) is 0 Å². The summed E-state index contributed by atoms with van der Waals surface area (Å²) in [7, 11) is 0. The van der Waals surface area contributed by atoms with E-state index >= 15 is 0 Å². The maximum atomic E-state index is 13.4. The predicted molar refractivity (Wildman–Crippen MR) is 61.0 cm³/mol. The first kappa shape index (κ1) is 12.5. The van der Waals surface area contributed by atoms with Crippen LogP contribution in [0.15, 0.2) is 24.3 Å². The van der Waals surface area contributed by atoms with Gasteiger partial charge in [0, 0.05) is 5.56 Å². The highest BCUT2D eigenvalue weighted by Crippen LogP contribution is 2.21. The summed E-state index contributed by atoms with van der Waals surface area (Å²) in [6.45, 7) is 4.89. The van der Waals surface area contributed by atoms with Gasteiger partial charge in [-0.1, -0.05) is 18.2 Å². The van der Waals surface area contributed by atoms with E-state index in [1.165, 1.54) is 6.07 Å². The fraction of sp³-hybridized carbons (Fsp3) is 0.538. The first-order chi connectivity index (χ1) is 8.09. The fourth-order valence-electron chi connectivity index (χ4n) is 1.63. The molecule has 2 rings (SSSR count). The molecule has 0 aliphatic carbocycles. The zero-order valence-corrected chi connectivity index (χ0v) is 10.1. The van der Waals surface area contributed by atoms with E-state index in [1.54, 1.807) is 18.2 Å². The molecule has 4 heteroatoms. The molecule has 17 heavy (non-hydrogen) atoms. The van der Waals surface area contributed by atoms with E-state index in [0.29, 0.717) is 18.8 Å². The zero-order valence-electron chi connectivity index (χ0n) is 10.1. The van der Waals surface area contributed by atoms with E-state index in [9.17, 15) is 4.39 Å². The molecule has 0 spiro atoms. The van der Waals surface area contributed by atoms with Crippen molar-refractivity contribution >= 4 is 0 Å². The smallest absolute Gasteiger partial charge is 0.155 e. The van der Waals surface area contributed by atoms with Gasteiger partial charge in [-0.2, -0.15) is 0 Å². The summed E-state index contributed by atoms with van der Waals surface area (Å²) in [4.78, 5) is 0. The Morgan fingerprint density at radius 2 is 2.00 bits per heavy atom. The fourth-order valence-corrected chi connectivity index (χ4v) is 1.63. The maximum Gasteiger partial charge on any atom is 0.155 e. The highest BCUT2D eigenvalue weighted by Gasteiger charge is 2.32. The maximum absolute atomic E-state index is 13.4. The lowest BCUT2D eigenvalue weighted by molar-refractivity contribution is -0.256. The van der Waals surface area contributed by atoms with Gasteiger partial charge in [0.1, 0.15) is 11.4 Å². The van der Waals surface area contributed by atoms with Crippen molar-refractivity contribution in [1.82, 2.24) is 0 Å². The lowest BCUT2D eigenvalue weighted by Gasteiger charge is -2.36. The van der Waals surface area contributed by atoms with Gasteiger partial charge >= 0.3 is 0 Å². The van der Waals surface area contributed by atoms with Crippen LogP contribution >= 0.6 is 0 Å². The van der Waals surface area contributed by atoms with Crippen molar-refractivity contribution in [3.63, 3.8) is 0 Å². The molecule has 1 aliphatic rings. The van der Waals surface area contributed by atoms with Gasteiger partial charge in [-0.3, -0.25) is 0 Å². The van der Waals surface area contributed by atoms with Crippen molar-refractivity contribution in [3.8, 4) is 0 Å². The number of rotatable bonds is 3. The quantitative estimate of drug-likeness (QED) is 0.812. The number of hydrogen-bond acceptors (Lipinski definition) is 3. The van der Waals surface area contributed by atoms with Gasteiger partial charge in [0.25, 0.3) is 0 Å².